The number of hydrogen-bond acceptors (Lipinski definition) is 2. The highest BCUT2D eigenvalue weighted by Gasteiger charge is 2.36. The maximum absolute atomic E-state index is 12.3. The number of nitriles is 1. The van der Waals surface area contributed by atoms with Gasteiger partial charge in [-0.15, -0.1) is 0 Å². The van der Waals surface area contributed by atoms with Gasteiger partial charge in [0.25, 0.3) is 0 Å². The van der Waals surface area contributed by atoms with Crippen molar-refractivity contribution in [3.05, 3.63) is 28.2 Å². The molecule has 0 radical (unpaired) electrons. The van der Waals surface area contributed by atoms with Crippen LogP contribution >= 0.6 is 15.9 Å². The largest absolute Gasteiger partial charge is 0.324 e. The summed E-state index contributed by atoms with van der Waals surface area (Å²) in [4.78, 5) is 12.3. The van der Waals surface area contributed by atoms with E-state index in [0.29, 0.717) is 11.3 Å². The summed E-state index contributed by atoms with van der Waals surface area (Å²) >= 11 is 3.35. The highest BCUT2D eigenvalue weighted by molar-refractivity contribution is 9.10. The Morgan fingerprint density at radius 1 is 1.44 bits per heavy atom. The van der Waals surface area contributed by atoms with Crippen LogP contribution in [0, 0.1) is 16.7 Å². The molecule has 0 spiro atoms. The predicted molar refractivity (Wildman–Crippen MR) is 74.1 cm³/mol. The van der Waals surface area contributed by atoms with Gasteiger partial charge < -0.3 is 5.32 Å². The quantitative estimate of drug-likeness (QED) is 0.902. The lowest BCUT2D eigenvalue weighted by atomic mass is 9.87. The molecule has 0 aliphatic heterocycles. The highest BCUT2D eigenvalue weighted by atomic mass is 79.9. The van der Waals surface area contributed by atoms with Gasteiger partial charge in [-0.05, 0) is 31.0 Å². The SMILES string of the molecule is CC1(C(=O)Nc2cc(Br)ccc2C#N)CCCC1. The van der Waals surface area contributed by atoms with Gasteiger partial charge in [0.15, 0.2) is 0 Å². The molecule has 1 aliphatic carbocycles. The summed E-state index contributed by atoms with van der Waals surface area (Å²) in [5.74, 6) is 0.0228. The van der Waals surface area contributed by atoms with E-state index in [1.807, 2.05) is 6.92 Å². The lowest BCUT2D eigenvalue weighted by molar-refractivity contribution is -0.124. The van der Waals surface area contributed by atoms with Gasteiger partial charge >= 0.3 is 0 Å². The minimum atomic E-state index is -0.283. The van der Waals surface area contributed by atoms with Crippen molar-refractivity contribution in [1.29, 1.82) is 5.26 Å². The van der Waals surface area contributed by atoms with Gasteiger partial charge in [-0.2, -0.15) is 5.26 Å². The zero-order chi connectivity index (χ0) is 13.2. The van der Waals surface area contributed by atoms with Crippen molar-refractivity contribution in [2.24, 2.45) is 5.41 Å². The molecule has 0 saturated heterocycles. The zero-order valence-corrected chi connectivity index (χ0v) is 11.9. The van der Waals surface area contributed by atoms with Crippen LogP contribution in [0.5, 0.6) is 0 Å². The van der Waals surface area contributed by atoms with Crippen LogP contribution in [-0.2, 0) is 4.79 Å². The average Bonchev–Trinajstić information content (AvgIpc) is 2.78. The van der Waals surface area contributed by atoms with Gasteiger partial charge in [-0.3, -0.25) is 4.79 Å². The molecule has 1 aromatic rings. The van der Waals surface area contributed by atoms with Gasteiger partial charge in [-0.25, -0.2) is 0 Å². The van der Waals surface area contributed by atoms with E-state index < -0.39 is 0 Å². The normalized spacial score (nSPS) is 17.2. The zero-order valence-electron chi connectivity index (χ0n) is 10.3. The molecule has 2 rings (SSSR count). The standard InChI is InChI=1S/C14H15BrN2O/c1-14(6-2-3-7-14)13(18)17-12-8-11(15)5-4-10(12)9-16/h4-5,8H,2-3,6-7H2,1H3,(H,17,18). The number of carbonyl (C=O) groups is 1. The van der Waals surface area contributed by atoms with E-state index in [-0.39, 0.29) is 11.3 Å². The number of anilines is 1. The van der Waals surface area contributed by atoms with Crippen molar-refractivity contribution in [3.63, 3.8) is 0 Å². The maximum Gasteiger partial charge on any atom is 0.230 e. The Kier molecular flexibility index (Phi) is 3.72. The molecule has 94 valence electrons. The van der Waals surface area contributed by atoms with Crippen LogP contribution in [0.4, 0.5) is 5.69 Å². The molecular weight excluding hydrogens is 292 g/mol. The summed E-state index contributed by atoms with van der Waals surface area (Å²) in [7, 11) is 0. The molecule has 4 heteroatoms. The lowest BCUT2D eigenvalue weighted by Gasteiger charge is -2.22. The van der Waals surface area contributed by atoms with Crippen LogP contribution in [0.1, 0.15) is 38.2 Å². The molecule has 1 aliphatic rings. The first kappa shape index (κ1) is 13.1. The molecule has 0 bridgehead atoms. The summed E-state index contributed by atoms with van der Waals surface area (Å²) in [5, 5.41) is 11.9. The summed E-state index contributed by atoms with van der Waals surface area (Å²) in [5.41, 5.74) is 0.799. The molecule has 1 saturated carbocycles. The van der Waals surface area contributed by atoms with Gasteiger partial charge in [-0.1, -0.05) is 35.7 Å². The van der Waals surface area contributed by atoms with E-state index in [2.05, 4.69) is 27.3 Å². The molecule has 1 N–H and O–H groups in total. The van der Waals surface area contributed by atoms with Gasteiger partial charge in [0.05, 0.1) is 11.3 Å². The van der Waals surface area contributed by atoms with Crippen molar-refractivity contribution in [2.45, 2.75) is 32.6 Å². The number of carbonyl (C=O) groups excluding carboxylic acids is 1. The first-order valence-corrected chi connectivity index (χ1v) is 6.85. The van der Waals surface area contributed by atoms with Crippen LogP contribution < -0.4 is 5.32 Å². The number of hydrogen-bond donors (Lipinski definition) is 1. The number of nitrogens with zero attached hydrogens (tertiary/aromatic N) is 1. The topological polar surface area (TPSA) is 52.9 Å². The van der Waals surface area contributed by atoms with E-state index in [0.717, 1.165) is 30.2 Å². The Balaban J connectivity index is 2.21. The van der Waals surface area contributed by atoms with E-state index in [9.17, 15) is 4.79 Å². The van der Waals surface area contributed by atoms with Gasteiger partial charge in [0, 0.05) is 9.89 Å². The Bertz CT molecular complexity index is 513. The van der Waals surface area contributed by atoms with Gasteiger partial charge in [0.2, 0.25) is 5.91 Å². The van der Waals surface area contributed by atoms with Crippen LogP contribution in [0.3, 0.4) is 0 Å². The summed E-state index contributed by atoms with van der Waals surface area (Å²) in [6.07, 6.45) is 4.06. The Morgan fingerprint density at radius 2 is 2.11 bits per heavy atom. The fourth-order valence-electron chi connectivity index (χ4n) is 2.37. The second-order valence-electron chi connectivity index (χ2n) is 5.02. The predicted octanol–water partition coefficient (Wildman–Crippen LogP) is 3.84. The van der Waals surface area contributed by atoms with Gasteiger partial charge in [0.1, 0.15) is 6.07 Å². The molecule has 0 atom stereocenters. The third-order valence-electron chi connectivity index (χ3n) is 3.61. The van der Waals surface area contributed by atoms with Crippen LogP contribution in [0.25, 0.3) is 0 Å². The second kappa shape index (κ2) is 5.11. The average molecular weight is 307 g/mol. The fraction of sp³-hybridized carbons (Fsp3) is 0.429. The number of rotatable bonds is 2. The van der Waals surface area contributed by atoms with Crippen molar-refractivity contribution < 1.29 is 4.79 Å². The third-order valence-corrected chi connectivity index (χ3v) is 4.10. The van der Waals surface area contributed by atoms with E-state index in [1.165, 1.54) is 0 Å². The van der Waals surface area contributed by atoms with E-state index in [1.54, 1.807) is 18.2 Å². The number of amides is 1. The molecular formula is C14H15BrN2O. The fourth-order valence-corrected chi connectivity index (χ4v) is 2.73. The molecule has 0 unspecified atom stereocenters. The molecule has 1 fully saturated rings. The molecule has 18 heavy (non-hydrogen) atoms. The Morgan fingerprint density at radius 3 is 2.72 bits per heavy atom. The Labute approximate surface area is 115 Å². The monoisotopic (exact) mass is 306 g/mol. The number of benzene rings is 1. The second-order valence-corrected chi connectivity index (χ2v) is 5.94. The molecule has 1 amide bonds. The van der Waals surface area contributed by atoms with Crippen molar-refractivity contribution in [1.82, 2.24) is 0 Å². The molecule has 3 nitrogen and oxygen atoms in total. The molecule has 0 heterocycles. The minimum absolute atomic E-state index is 0.0228. The lowest BCUT2D eigenvalue weighted by Crippen LogP contribution is -2.31. The number of nitrogens with one attached hydrogen (secondary N) is 1. The van der Waals surface area contributed by atoms with Crippen LogP contribution in [0.2, 0.25) is 0 Å². The summed E-state index contributed by atoms with van der Waals surface area (Å²) < 4.78 is 0.855. The van der Waals surface area contributed by atoms with Crippen LogP contribution in [0.15, 0.2) is 22.7 Å². The van der Waals surface area contributed by atoms with Crippen LogP contribution in [-0.4, -0.2) is 5.91 Å². The highest BCUT2D eigenvalue weighted by Crippen LogP contribution is 2.38. The van der Waals surface area contributed by atoms with Crippen molar-refractivity contribution in [3.8, 4) is 6.07 Å². The maximum atomic E-state index is 12.3. The van der Waals surface area contributed by atoms with Crippen molar-refractivity contribution in [2.75, 3.05) is 5.32 Å². The first-order valence-electron chi connectivity index (χ1n) is 6.06. The van der Waals surface area contributed by atoms with E-state index >= 15 is 0 Å². The molecule has 1 aromatic carbocycles. The third kappa shape index (κ3) is 2.56. The first-order chi connectivity index (χ1) is 8.55. The molecule has 0 aromatic heterocycles. The smallest absolute Gasteiger partial charge is 0.230 e. The summed E-state index contributed by atoms with van der Waals surface area (Å²) in [6.45, 7) is 2.00. The summed E-state index contributed by atoms with van der Waals surface area (Å²) in [6, 6.07) is 7.37. The Hall–Kier alpha value is -1.34. The number of halogens is 1. The van der Waals surface area contributed by atoms with E-state index in [4.69, 9.17) is 5.26 Å². The minimum Gasteiger partial charge on any atom is -0.324 e. The van der Waals surface area contributed by atoms with Crippen molar-refractivity contribution >= 4 is 27.5 Å².